The van der Waals surface area contributed by atoms with Crippen LogP contribution < -0.4 is 21.9 Å². The van der Waals surface area contributed by atoms with Crippen molar-refractivity contribution in [1.29, 1.82) is 0 Å². The van der Waals surface area contributed by atoms with Crippen LogP contribution in [0.5, 0.6) is 5.75 Å². The van der Waals surface area contributed by atoms with Crippen molar-refractivity contribution in [1.82, 2.24) is 18.7 Å². The highest BCUT2D eigenvalue weighted by molar-refractivity contribution is 5.74. The van der Waals surface area contributed by atoms with E-state index in [4.69, 9.17) is 10.7 Å². The van der Waals surface area contributed by atoms with Gasteiger partial charge in [0.15, 0.2) is 11.2 Å². The van der Waals surface area contributed by atoms with Crippen LogP contribution >= 0.6 is 0 Å². The predicted molar refractivity (Wildman–Crippen MR) is 130 cm³/mol. The number of phenolic OH excluding ortho intramolecular Hbond substituents is 1. The van der Waals surface area contributed by atoms with Gasteiger partial charge in [-0.3, -0.25) is 13.9 Å². The molecule has 1 aliphatic heterocycles. The second-order valence-corrected chi connectivity index (χ2v) is 9.04. The van der Waals surface area contributed by atoms with Gasteiger partial charge < -0.3 is 20.3 Å². The van der Waals surface area contributed by atoms with E-state index in [1.54, 1.807) is 31.3 Å². The van der Waals surface area contributed by atoms with Crippen LogP contribution in [0.15, 0.2) is 45.5 Å². The van der Waals surface area contributed by atoms with E-state index in [1.165, 1.54) is 9.13 Å². The first kappa shape index (κ1) is 22.8. The lowest BCUT2D eigenvalue weighted by atomic mass is 10.1. The molecule has 0 saturated carbocycles. The summed E-state index contributed by atoms with van der Waals surface area (Å²) in [7, 11) is 1.66. The fourth-order valence-electron chi connectivity index (χ4n) is 4.34. The van der Waals surface area contributed by atoms with Gasteiger partial charge in [0, 0.05) is 39.3 Å². The Morgan fingerprint density at radius 3 is 2.61 bits per heavy atom. The zero-order chi connectivity index (χ0) is 23.7. The van der Waals surface area contributed by atoms with Gasteiger partial charge >= 0.3 is 5.69 Å². The van der Waals surface area contributed by atoms with E-state index in [2.05, 4.69) is 11.0 Å². The number of nitrogens with two attached hydrogens (primary N) is 1. The molecule has 0 unspecified atom stereocenters. The van der Waals surface area contributed by atoms with Crippen LogP contribution in [0.4, 0.5) is 5.95 Å². The summed E-state index contributed by atoms with van der Waals surface area (Å²) in [6.45, 7) is 6.24. The third-order valence-corrected chi connectivity index (χ3v) is 6.20. The fourth-order valence-corrected chi connectivity index (χ4v) is 4.34. The summed E-state index contributed by atoms with van der Waals surface area (Å²) in [5.41, 5.74) is 8.37. The van der Waals surface area contributed by atoms with Crippen molar-refractivity contribution in [3.63, 3.8) is 0 Å². The Labute approximate surface area is 192 Å². The summed E-state index contributed by atoms with van der Waals surface area (Å²) >= 11 is 0. The molecule has 1 fully saturated rings. The zero-order valence-corrected chi connectivity index (χ0v) is 19.5. The molecule has 2 aromatic heterocycles. The Bertz CT molecular complexity index is 1290. The van der Waals surface area contributed by atoms with Crippen molar-refractivity contribution in [2.45, 2.75) is 52.2 Å². The number of hydrogen-bond acceptors (Lipinski definition) is 6. The maximum atomic E-state index is 13.6. The van der Waals surface area contributed by atoms with Crippen LogP contribution in [0.3, 0.4) is 0 Å². The molecule has 9 nitrogen and oxygen atoms in total. The van der Waals surface area contributed by atoms with Crippen LogP contribution in [-0.2, 0) is 26.6 Å². The summed E-state index contributed by atoms with van der Waals surface area (Å²) in [5.74, 6) is 0.863. The molecule has 4 rings (SSSR count). The number of nitrogens with zero attached hydrogens (tertiary/aromatic N) is 5. The van der Waals surface area contributed by atoms with Crippen LogP contribution in [0.25, 0.3) is 11.2 Å². The number of aryl methyl sites for hydroxylation is 2. The van der Waals surface area contributed by atoms with Crippen LogP contribution in [-0.4, -0.2) is 42.9 Å². The van der Waals surface area contributed by atoms with Crippen molar-refractivity contribution < 1.29 is 5.11 Å². The minimum Gasteiger partial charge on any atom is -0.508 e. The minimum atomic E-state index is -0.389. The largest absolute Gasteiger partial charge is 0.508 e. The monoisotopic (exact) mass is 452 g/mol. The number of aromatic hydroxyl groups is 1. The standard InChI is InChI=1S/C24H32N6O3/c1-16(2)10-13-29-20-21(26-23(29)28-12-4-5-18(25)15-28)27(3)24(33)30(22(20)32)14-11-17-6-8-19(31)9-7-17/h6-10,18,31H,4-5,11-15,25H2,1-3H3/t18-/m0/s1. The molecule has 3 heterocycles. The summed E-state index contributed by atoms with van der Waals surface area (Å²) < 4.78 is 4.65. The molecular weight excluding hydrogens is 420 g/mol. The van der Waals surface area contributed by atoms with E-state index in [1.807, 2.05) is 18.4 Å². The molecule has 176 valence electrons. The SMILES string of the molecule is CC(C)=CCn1c(N2CCC[C@H](N)C2)nc2c1c(=O)n(CCc1ccc(O)cc1)c(=O)n2C. The van der Waals surface area contributed by atoms with Gasteiger partial charge in [0.1, 0.15) is 5.75 Å². The number of anilines is 1. The smallest absolute Gasteiger partial charge is 0.332 e. The van der Waals surface area contributed by atoms with E-state index in [0.29, 0.717) is 36.6 Å². The van der Waals surface area contributed by atoms with Gasteiger partial charge in [0.2, 0.25) is 5.95 Å². The Morgan fingerprint density at radius 1 is 1.21 bits per heavy atom. The highest BCUT2D eigenvalue weighted by Gasteiger charge is 2.26. The van der Waals surface area contributed by atoms with E-state index >= 15 is 0 Å². The molecule has 3 N–H and O–H groups in total. The van der Waals surface area contributed by atoms with Crippen LogP contribution in [0.2, 0.25) is 0 Å². The lowest BCUT2D eigenvalue weighted by Crippen LogP contribution is -2.44. The predicted octanol–water partition coefficient (Wildman–Crippen LogP) is 1.74. The summed E-state index contributed by atoms with van der Waals surface area (Å²) in [6, 6.07) is 6.84. The molecule has 1 aliphatic rings. The van der Waals surface area contributed by atoms with Crippen molar-refractivity contribution in [3.05, 3.63) is 62.3 Å². The number of hydrogen-bond donors (Lipinski definition) is 2. The average molecular weight is 453 g/mol. The molecule has 1 saturated heterocycles. The second-order valence-electron chi connectivity index (χ2n) is 9.04. The third kappa shape index (κ3) is 4.59. The summed E-state index contributed by atoms with van der Waals surface area (Å²) in [4.78, 5) is 33.6. The molecule has 0 spiro atoms. The number of rotatable bonds is 6. The van der Waals surface area contributed by atoms with Crippen molar-refractivity contribution in [3.8, 4) is 5.75 Å². The molecule has 33 heavy (non-hydrogen) atoms. The lowest BCUT2D eigenvalue weighted by molar-refractivity contribution is 0.475. The molecule has 0 amide bonds. The Balaban J connectivity index is 1.83. The topological polar surface area (TPSA) is 111 Å². The van der Waals surface area contributed by atoms with Crippen LogP contribution in [0, 0.1) is 0 Å². The number of imidazole rings is 1. The molecule has 9 heteroatoms. The summed E-state index contributed by atoms with van der Waals surface area (Å²) in [5, 5.41) is 9.50. The normalized spacial score (nSPS) is 16.4. The molecule has 0 bridgehead atoms. The molecule has 0 aliphatic carbocycles. The van der Waals surface area contributed by atoms with Gasteiger partial charge in [0.05, 0.1) is 0 Å². The first-order valence-electron chi connectivity index (χ1n) is 11.4. The van der Waals surface area contributed by atoms with Gasteiger partial charge in [-0.15, -0.1) is 0 Å². The highest BCUT2D eigenvalue weighted by Crippen LogP contribution is 2.23. The number of fused-ring (bicyclic) bond motifs is 1. The van der Waals surface area contributed by atoms with Crippen molar-refractivity contribution >= 4 is 17.1 Å². The number of aromatic nitrogens is 4. The van der Waals surface area contributed by atoms with Gasteiger partial charge in [-0.05, 0) is 50.8 Å². The summed E-state index contributed by atoms with van der Waals surface area (Å²) in [6.07, 6.45) is 4.48. The molecule has 1 aromatic carbocycles. The highest BCUT2D eigenvalue weighted by atomic mass is 16.3. The van der Waals surface area contributed by atoms with Gasteiger partial charge in [-0.25, -0.2) is 4.79 Å². The molecule has 0 radical (unpaired) electrons. The number of allylic oxidation sites excluding steroid dienone is 2. The maximum absolute atomic E-state index is 13.6. The zero-order valence-electron chi connectivity index (χ0n) is 19.5. The number of benzene rings is 1. The Morgan fingerprint density at radius 2 is 1.94 bits per heavy atom. The number of phenols is 1. The first-order valence-corrected chi connectivity index (χ1v) is 11.4. The quantitative estimate of drug-likeness (QED) is 0.551. The van der Waals surface area contributed by atoms with Crippen molar-refractivity contribution in [2.24, 2.45) is 12.8 Å². The first-order chi connectivity index (χ1) is 15.8. The molecular formula is C24H32N6O3. The minimum absolute atomic E-state index is 0.0567. The third-order valence-electron chi connectivity index (χ3n) is 6.20. The fraction of sp³-hybridized carbons (Fsp3) is 0.458. The maximum Gasteiger partial charge on any atom is 0.332 e. The van der Waals surface area contributed by atoms with Crippen molar-refractivity contribution in [2.75, 3.05) is 18.0 Å². The molecule has 1 atom stereocenters. The van der Waals surface area contributed by atoms with E-state index in [9.17, 15) is 14.7 Å². The lowest BCUT2D eigenvalue weighted by Gasteiger charge is -2.31. The molecule has 3 aromatic rings. The van der Waals surface area contributed by atoms with Gasteiger partial charge in [-0.2, -0.15) is 4.98 Å². The Kier molecular flexibility index (Phi) is 6.42. The number of piperidine rings is 1. The van der Waals surface area contributed by atoms with Gasteiger partial charge in [-0.1, -0.05) is 23.8 Å². The average Bonchev–Trinajstić information content (AvgIpc) is 3.17. The van der Waals surface area contributed by atoms with E-state index < -0.39 is 0 Å². The Hall–Kier alpha value is -3.33. The second kappa shape index (κ2) is 9.27. The van der Waals surface area contributed by atoms with Gasteiger partial charge in [0.25, 0.3) is 5.56 Å². The van der Waals surface area contributed by atoms with E-state index in [-0.39, 0.29) is 29.6 Å². The van der Waals surface area contributed by atoms with Crippen LogP contribution in [0.1, 0.15) is 32.3 Å². The van der Waals surface area contributed by atoms with E-state index in [0.717, 1.165) is 30.5 Å².